The predicted molar refractivity (Wildman–Crippen MR) is 116 cm³/mol. The smallest absolute Gasteiger partial charge is 0.124 e. The molecule has 1 aliphatic heterocycles. The second-order valence-corrected chi connectivity index (χ2v) is 8.24. The van der Waals surface area contributed by atoms with Gasteiger partial charge in [0, 0.05) is 71.5 Å². The van der Waals surface area contributed by atoms with E-state index in [1.54, 1.807) is 0 Å². The van der Waals surface area contributed by atoms with Crippen LogP contribution in [0.2, 0.25) is 10.0 Å². The SMILES string of the molecule is Clc1cccc(Cl)c1COc1ccc(Br)cc1CNCCN1CCNCC1. The van der Waals surface area contributed by atoms with Crippen LogP contribution in [0, 0.1) is 0 Å². The summed E-state index contributed by atoms with van der Waals surface area (Å²) >= 11 is 16.0. The highest BCUT2D eigenvalue weighted by Crippen LogP contribution is 2.28. The van der Waals surface area contributed by atoms with E-state index >= 15 is 0 Å². The monoisotopic (exact) mass is 471 g/mol. The number of ether oxygens (including phenoxy) is 1. The number of hydrogen-bond acceptors (Lipinski definition) is 4. The molecule has 1 fully saturated rings. The summed E-state index contributed by atoms with van der Waals surface area (Å²) < 4.78 is 7.07. The Morgan fingerprint density at radius 1 is 1.11 bits per heavy atom. The lowest BCUT2D eigenvalue weighted by Crippen LogP contribution is -2.45. The highest BCUT2D eigenvalue weighted by Gasteiger charge is 2.11. The molecule has 2 aromatic rings. The minimum Gasteiger partial charge on any atom is -0.488 e. The summed E-state index contributed by atoms with van der Waals surface area (Å²) in [5.41, 5.74) is 1.91. The molecule has 0 atom stereocenters. The van der Waals surface area contributed by atoms with E-state index in [0.29, 0.717) is 16.7 Å². The van der Waals surface area contributed by atoms with Gasteiger partial charge in [-0.3, -0.25) is 4.90 Å². The molecular formula is C20H24BrCl2N3O. The number of piperazine rings is 1. The maximum absolute atomic E-state index is 6.24. The summed E-state index contributed by atoms with van der Waals surface area (Å²) in [6.07, 6.45) is 0. The average Bonchev–Trinajstić information content (AvgIpc) is 2.67. The Morgan fingerprint density at radius 3 is 2.59 bits per heavy atom. The quantitative estimate of drug-likeness (QED) is 0.560. The van der Waals surface area contributed by atoms with E-state index in [0.717, 1.165) is 67.2 Å². The fourth-order valence-corrected chi connectivity index (χ4v) is 3.96. The normalized spacial score (nSPS) is 15.1. The Morgan fingerprint density at radius 2 is 1.85 bits per heavy atom. The first kappa shape index (κ1) is 20.9. The van der Waals surface area contributed by atoms with E-state index in [9.17, 15) is 0 Å². The molecule has 0 bridgehead atoms. The lowest BCUT2D eigenvalue weighted by Gasteiger charge is -2.27. The molecule has 146 valence electrons. The van der Waals surface area contributed by atoms with Crippen LogP contribution in [-0.2, 0) is 13.2 Å². The van der Waals surface area contributed by atoms with Crippen molar-refractivity contribution in [1.29, 1.82) is 0 Å². The van der Waals surface area contributed by atoms with Crippen LogP contribution in [0.15, 0.2) is 40.9 Å². The van der Waals surface area contributed by atoms with Gasteiger partial charge in [-0.25, -0.2) is 0 Å². The number of hydrogen-bond donors (Lipinski definition) is 2. The molecule has 0 saturated carbocycles. The van der Waals surface area contributed by atoms with Crippen molar-refractivity contribution in [1.82, 2.24) is 15.5 Å². The predicted octanol–water partition coefficient (Wildman–Crippen LogP) is 4.33. The van der Waals surface area contributed by atoms with Crippen LogP contribution in [-0.4, -0.2) is 44.2 Å². The van der Waals surface area contributed by atoms with Crippen molar-refractivity contribution in [3.63, 3.8) is 0 Å². The summed E-state index contributed by atoms with van der Waals surface area (Å²) in [5.74, 6) is 0.837. The Labute approximate surface area is 179 Å². The van der Waals surface area contributed by atoms with Gasteiger partial charge in [0.15, 0.2) is 0 Å². The van der Waals surface area contributed by atoms with Crippen LogP contribution >= 0.6 is 39.1 Å². The van der Waals surface area contributed by atoms with Crippen molar-refractivity contribution in [2.45, 2.75) is 13.2 Å². The minimum atomic E-state index is 0.341. The van der Waals surface area contributed by atoms with E-state index in [2.05, 4.69) is 37.5 Å². The lowest BCUT2D eigenvalue weighted by atomic mass is 10.2. The largest absolute Gasteiger partial charge is 0.488 e. The molecule has 1 heterocycles. The van der Waals surface area contributed by atoms with Gasteiger partial charge in [0.05, 0.1) is 0 Å². The van der Waals surface area contributed by atoms with Crippen molar-refractivity contribution in [3.05, 3.63) is 62.0 Å². The number of rotatable bonds is 8. The van der Waals surface area contributed by atoms with Crippen molar-refractivity contribution in [2.24, 2.45) is 0 Å². The number of halogens is 3. The second kappa shape index (κ2) is 10.6. The van der Waals surface area contributed by atoms with Gasteiger partial charge in [0.25, 0.3) is 0 Å². The molecule has 7 heteroatoms. The molecule has 27 heavy (non-hydrogen) atoms. The molecular weight excluding hydrogens is 449 g/mol. The maximum Gasteiger partial charge on any atom is 0.124 e. The first-order valence-corrected chi connectivity index (χ1v) is 10.7. The van der Waals surface area contributed by atoms with E-state index in [1.807, 2.05) is 30.3 Å². The summed E-state index contributed by atoms with van der Waals surface area (Å²) in [5, 5.41) is 8.14. The van der Waals surface area contributed by atoms with Gasteiger partial charge >= 0.3 is 0 Å². The van der Waals surface area contributed by atoms with Crippen LogP contribution in [0.3, 0.4) is 0 Å². The zero-order chi connectivity index (χ0) is 19.1. The molecule has 0 aromatic heterocycles. The standard InChI is InChI=1S/C20H24BrCl2N3O/c21-16-4-5-20(27-14-17-18(22)2-1-3-19(17)23)15(12-16)13-25-8-11-26-9-6-24-7-10-26/h1-5,12,24-25H,6-11,13-14H2. The maximum atomic E-state index is 6.24. The van der Waals surface area contributed by atoms with Crippen LogP contribution in [0.5, 0.6) is 5.75 Å². The first-order chi connectivity index (χ1) is 13.1. The van der Waals surface area contributed by atoms with Crippen LogP contribution in [0.4, 0.5) is 0 Å². The van der Waals surface area contributed by atoms with Crippen LogP contribution in [0.25, 0.3) is 0 Å². The third-order valence-electron chi connectivity index (χ3n) is 4.59. The number of benzene rings is 2. The Kier molecular flexibility index (Phi) is 8.24. The summed E-state index contributed by atoms with van der Waals surface area (Å²) in [4.78, 5) is 2.47. The molecule has 2 N–H and O–H groups in total. The second-order valence-electron chi connectivity index (χ2n) is 6.51. The zero-order valence-corrected chi connectivity index (χ0v) is 18.2. The molecule has 0 radical (unpaired) electrons. The molecule has 1 saturated heterocycles. The van der Waals surface area contributed by atoms with E-state index in [-0.39, 0.29) is 0 Å². The number of nitrogens with one attached hydrogen (secondary N) is 2. The number of nitrogens with zero attached hydrogens (tertiary/aromatic N) is 1. The van der Waals surface area contributed by atoms with Gasteiger partial charge in [-0.1, -0.05) is 45.2 Å². The molecule has 0 amide bonds. The first-order valence-electron chi connectivity index (χ1n) is 9.11. The Hall–Kier alpha value is -0.820. The van der Waals surface area contributed by atoms with Gasteiger partial charge in [-0.05, 0) is 30.3 Å². The fraction of sp³-hybridized carbons (Fsp3) is 0.400. The summed E-state index contributed by atoms with van der Waals surface area (Å²) in [7, 11) is 0. The van der Waals surface area contributed by atoms with Crippen molar-refractivity contribution >= 4 is 39.1 Å². The molecule has 2 aromatic carbocycles. The van der Waals surface area contributed by atoms with Crippen molar-refractivity contribution in [2.75, 3.05) is 39.3 Å². The van der Waals surface area contributed by atoms with Crippen LogP contribution < -0.4 is 15.4 Å². The Bertz CT molecular complexity index is 734. The third kappa shape index (κ3) is 6.34. The third-order valence-corrected chi connectivity index (χ3v) is 5.79. The van der Waals surface area contributed by atoms with Gasteiger partial charge < -0.3 is 15.4 Å². The van der Waals surface area contributed by atoms with E-state index in [4.69, 9.17) is 27.9 Å². The lowest BCUT2D eigenvalue weighted by molar-refractivity contribution is 0.240. The topological polar surface area (TPSA) is 36.5 Å². The van der Waals surface area contributed by atoms with Crippen LogP contribution in [0.1, 0.15) is 11.1 Å². The molecule has 3 rings (SSSR count). The minimum absolute atomic E-state index is 0.341. The molecule has 0 unspecified atom stereocenters. The molecule has 0 spiro atoms. The molecule has 1 aliphatic rings. The zero-order valence-electron chi connectivity index (χ0n) is 15.1. The van der Waals surface area contributed by atoms with Gasteiger partial charge in [0.2, 0.25) is 0 Å². The summed E-state index contributed by atoms with van der Waals surface area (Å²) in [6.45, 7) is 7.48. The van der Waals surface area contributed by atoms with Gasteiger partial charge in [-0.2, -0.15) is 0 Å². The molecule has 4 nitrogen and oxygen atoms in total. The van der Waals surface area contributed by atoms with Gasteiger partial charge in [0.1, 0.15) is 12.4 Å². The van der Waals surface area contributed by atoms with E-state index in [1.165, 1.54) is 0 Å². The Balaban J connectivity index is 1.56. The van der Waals surface area contributed by atoms with Crippen molar-refractivity contribution < 1.29 is 4.74 Å². The van der Waals surface area contributed by atoms with Crippen molar-refractivity contribution in [3.8, 4) is 5.75 Å². The summed E-state index contributed by atoms with van der Waals surface area (Å²) in [6, 6.07) is 11.5. The average molecular weight is 473 g/mol. The molecule has 0 aliphatic carbocycles. The fourth-order valence-electron chi connectivity index (χ4n) is 3.04. The highest BCUT2D eigenvalue weighted by molar-refractivity contribution is 9.10. The van der Waals surface area contributed by atoms with Gasteiger partial charge in [-0.15, -0.1) is 0 Å². The highest BCUT2D eigenvalue weighted by atomic mass is 79.9. The van der Waals surface area contributed by atoms with E-state index < -0.39 is 0 Å².